The van der Waals surface area contributed by atoms with Crippen LogP contribution in [0.1, 0.15) is 23.2 Å². The van der Waals surface area contributed by atoms with Crippen LogP contribution in [0.2, 0.25) is 0 Å². The Hall–Kier alpha value is -6.58. The quantitative estimate of drug-likeness (QED) is 0.189. The van der Waals surface area contributed by atoms with Gasteiger partial charge in [0.15, 0.2) is 0 Å². The fraction of sp³-hybridized carbons (Fsp3) is 0.0417. The van der Waals surface area contributed by atoms with Crippen molar-refractivity contribution in [3.8, 4) is 62.1 Å². The topological polar surface area (TPSA) is 23.4 Å². The van der Waals surface area contributed by atoms with Crippen LogP contribution in [0.15, 0.2) is 170 Å². The predicted molar refractivity (Wildman–Crippen MR) is 209 cm³/mol. The molecule has 0 saturated heterocycles. The first-order valence-corrected chi connectivity index (χ1v) is 17.6. The highest BCUT2D eigenvalue weighted by molar-refractivity contribution is 5.99. The van der Waals surface area contributed by atoms with Crippen molar-refractivity contribution in [2.75, 3.05) is 0 Å². The maximum atomic E-state index is 7.27. The first-order valence-electron chi connectivity index (χ1n) is 17.6. The average Bonchev–Trinajstić information content (AvgIpc) is 3.53. The lowest BCUT2D eigenvalue weighted by atomic mass is 9.87. The van der Waals surface area contributed by atoms with Crippen LogP contribution in [-0.2, 0) is 6.42 Å². The van der Waals surface area contributed by atoms with Gasteiger partial charge in [-0.2, -0.15) is 0 Å². The number of para-hydroxylation sites is 5. The molecule has 0 bridgehead atoms. The standard InChI is InChI=1S/C48H33NO2/c1-3-15-32(16-4-1)35-22-14-28-46-47(35)41-24-13-23-36(48(41)51-45-27-12-9-21-40(45)39-20-8-11-26-44(39)50-46)33-29-30-38-37-19-7-10-25-42(37)49(43(38)31-33)34-17-5-2-6-18-34/h1-28,31H,29-30H2. The van der Waals surface area contributed by atoms with Crippen LogP contribution in [0.5, 0.6) is 23.0 Å². The van der Waals surface area contributed by atoms with Gasteiger partial charge in [0.05, 0.1) is 11.2 Å². The van der Waals surface area contributed by atoms with E-state index in [1.165, 1.54) is 27.7 Å². The molecule has 0 N–H and O–H groups in total. The number of allylic oxidation sites excluding steroid dienone is 1. The number of rotatable bonds is 3. The van der Waals surface area contributed by atoms with Crippen LogP contribution in [-0.4, -0.2) is 4.57 Å². The molecule has 2 aliphatic rings. The molecule has 0 unspecified atom stereocenters. The molecule has 10 rings (SSSR count). The monoisotopic (exact) mass is 655 g/mol. The molecule has 8 aromatic rings. The summed E-state index contributed by atoms with van der Waals surface area (Å²) in [6.45, 7) is 0. The summed E-state index contributed by atoms with van der Waals surface area (Å²) in [7, 11) is 0. The van der Waals surface area contributed by atoms with Crippen molar-refractivity contribution >= 4 is 22.6 Å². The smallest absolute Gasteiger partial charge is 0.142 e. The van der Waals surface area contributed by atoms with Crippen molar-refractivity contribution in [3.05, 3.63) is 187 Å². The fourth-order valence-electron chi connectivity index (χ4n) is 7.94. The van der Waals surface area contributed by atoms with Gasteiger partial charge in [-0.05, 0) is 77.6 Å². The molecule has 3 nitrogen and oxygen atoms in total. The SMILES string of the molecule is C1=C(c2cccc3c2Oc2ccccc2-c2ccccc2Oc2cccc(-c4ccccc4)c2-3)CCc2c1n(-c1ccccc1)c1ccccc21. The number of benzene rings is 7. The third-order valence-corrected chi connectivity index (χ3v) is 10.2. The van der Waals surface area contributed by atoms with Gasteiger partial charge in [-0.1, -0.05) is 133 Å². The van der Waals surface area contributed by atoms with E-state index in [1.54, 1.807) is 0 Å². The second kappa shape index (κ2) is 12.1. The van der Waals surface area contributed by atoms with E-state index in [2.05, 4.69) is 162 Å². The minimum atomic E-state index is 0.786. The van der Waals surface area contributed by atoms with Gasteiger partial charge in [0.2, 0.25) is 0 Å². The number of hydrogen-bond acceptors (Lipinski definition) is 2. The van der Waals surface area contributed by atoms with E-state index in [0.717, 1.165) is 80.5 Å². The summed E-state index contributed by atoms with van der Waals surface area (Å²) in [5, 5.41) is 1.31. The molecule has 0 spiro atoms. The second-order valence-electron chi connectivity index (χ2n) is 13.1. The molecule has 242 valence electrons. The molecule has 1 aliphatic carbocycles. The van der Waals surface area contributed by atoms with E-state index in [-0.39, 0.29) is 0 Å². The van der Waals surface area contributed by atoms with Crippen LogP contribution in [0, 0.1) is 0 Å². The zero-order valence-corrected chi connectivity index (χ0v) is 27.9. The molecule has 0 amide bonds. The summed E-state index contributed by atoms with van der Waals surface area (Å²) >= 11 is 0. The molecule has 3 heteroatoms. The first kappa shape index (κ1) is 29.3. The molecule has 2 heterocycles. The lowest BCUT2D eigenvalue weighted by Gasteiger charge is -2.25. The highest BCUT2D eigenvalue weighted by Crippen LogP contribution is 2.52. The van der Waals surface area contributed by atoms with E-state index in [1.807, 2.05) is 18.2 Å². The lowest BCUT2D eigenvalue weighted by molar-refractivity contribution is 0.471. The second-order valence-corrected chi connectivity index (χ2v) is 13.1. The number of nitrogens with zero attached hydrogens (tertiary/aromatic N) is 1. The summed E-state index contributed by atoms with van der Waals surface area (Å²) in [6.07, 6.45) is 4.22. The van der Waals surface area contributed by atoms with Gasteiger partial charge in [0.1, 0.15) is 23.0 Å². The maximum Gasteiger partial charge on any atom is 0.142 e. The molecular formula is C48H33NO2. The molecule has 1 aromatic heterocycles. The molecule has 0 atom stereocenters. The summed E-state index contributed by atoms with van der Waals surface area (Å²) in [4.78, 5) is 0. The van der Waals surface area contributed by atoms with Crippen molar-refractivity contribution < 1.29 is 9.47 Å². The van der Waals surface area contributed by atoms with Crippen LogP contribution < -0.4 is 9.47 Å². The third kappa shape index (κ3) is 4.89. The maximum absolute atomic E-state index is 7.27. The molecule has 0 saturated carbocycles. The first-order chi connectivity index (χ1) is 25.3. The van der Waals surface area contributed by atoms with Gasteiger partial charge < -0.3 is 14.0 Å². The number of aromatic nitrogens is 1. The summed E-state index contributed by atoms with van der Waals surface area (Å²) in [6, 6.07) is 59.5. The van der Waals surface area contributed by atoms with Crippen molar-refractivity contribution in [2.24, 2.45) is 0 Å². The minimum absolute atomic E-state index is 0.786. The highest BCUT2D eigenvalue weighted by atomic mass is 16.5. The van der Waals surface area contributed by atoms with Crippen molar-refractivity contribution in [1.29, 1.82) is 0 Å². The number of ether oxygens (including phenoxy) is 2. The fourth-order valence-corrected chi connectivity index (χ4v) is 7.94. The van der Waals surface area contributed by atoms with Gasteiger partial charge in [-0.25, -0.2) is 0 Å². The zero-order valence-electron chi connectivity index (χ0n) is 27.9. The Morgan fingerprint density at radius 2 is 1.02 bits per heavy atom. The third-order valence-electron chi connectivity index (χ3n) is 10.2. The van der Waals surface area contributed by atoms with Gasteiger partial charge in [-0.3, -0.25) is 0 Å². The minimum Gasteiger partial charge on any atom is -0.456 e. The van der Waals surface area contributed by atoms with Gasteiger partial charge in [0, 0.05) is 38.9 Å². The Bertz CT molecular complexity index is 2630. The van der Waals surface area contributed by atoms with Crippen molar-refractivity contribution in [3.63, 3.8) is 0 Å². The van der Waals surface area contributed by atoms with E-state index in [0.29, 0.717) is 0 Å². The normalized spacial score (nSPS) is 13.0. The Balaban J connectivity index is 1.26. The molecule has 1 aliphatic heterocycles. The van der Waals surface area contributed by atoms with Gasteiger partial charge in [-0.15, -0.1) is 0 Å². The van der Waals surface area contributed by atoms with Crippen LogP contribution >= 0.6 is 0 Å². The van der Waals surface area contributed by atoms with E-state index in [9.17, 15) is 0 Å². The Labute approximate surface area is 297 Å². The average molecular weight is 656 g/mol. The van der Waals surface area contributed by atoms with Crippen molar-refractivity contribution in [2.45, 2.75) is 12.8 Å². The van der Waals surface area contributed by atoms with E-state index < -0.39 is 0 Å². The molecular weight excluding hydrogens is 623 g/mol. The predicted octanol–water partition coefficient (Wildman–Crippen LogP) is 13.0. The van der Waals surface area contributed by atoms with Gasteiger partial charge >= 0.3 is 0 Å². The molecule has 7 aromatic carbocycles. The van der Waals surface area contributed by atoms with E-state index >= 15 is 0 Å². The van der Waals surface area contributed by atoms with E-state index in [4.69, 9.17) is 9.47 Å². The van der Waals surface area contributed by atoms with Crippen molar-refractivity contribution in [1.82, 2.24) is 4.57 Å². The highest BCUT2D eigenvalue weighted by Gasteiger charge is 2.28. The summed E-state index contributed by atoms with van der Waals surface area (Å²) < 4.78 is 16.6. The lowest BCUT2D eigenvalue weighted by Crippen LogP contribution is -2.05. The van der Waals surface area contributed by atoms with Crippen LogP contribution in [0.3, 0.4) is 0 Å². The number of hydrogen-bond donors (Lipinski definition) is 0. The molecule has 0 fully saturated rings. The Morgan fingerprint density at radius 3 is 1.82 bits per heavy atom. The molecule has 51 heavy (non-hydrogen) atoms. The number of aryl methyl sites for hydroxylation is 1. The zero-order chi connectivity index (χ0) is 33.7. The van der Waals surface area contributed by atoms with Gasteiger partial charge in [0.25, 0.3) is 0 Å². The number of fused-ring (bicyclic) bond motifs is 9. The Kier molecular flexibility index (Phi) is 6.95. The molecule has 0 radical (unpaired) electrons. The summed E-state index contributed by atoms with van der Waals surface area (Å²) in [5.74, 6) is 3.19. The summed E-state index contributed by atoms with van der Waals surface area (Å²) in [5.41, 5.74) is 13.5. The largest absolute Gasteiger partial charge is 0.456 e. The van der Waals surface area contributed by atoms with Crippen LogP contribution in [0.25, 0.3) is 61.6 Å². The Morgan fingerprint density at radius 1 is 0.431 bits per heavy atom. The van der Waals surface area contributed by atoms with Crippen LogP contribution in [0.4, 0.5) is 0 Å².